The highest BCUT2D eigenvalue weighted by molar-refractivity contribution is 7.09. The van der Waals surface area contributed by atoms with E-state index in [9.17, 15) is 4.79 Å². The summed E-state index contributed by atoms with van der Waals surface area (Å²) < 4.78 is 10.5. The minimum Gasteiger partial charge on any atom is -0.493 e. The van der Waals surface area contributed by atoms with Crippen molar-refractivity contribution < 1.29 is 14.3 Å². The topological polar surface area (TPSA) is 86.5 Å². The van der Waals surface area contributed by atoms with Gasteiger partial charge in [-0.05, 0) is 30.5 Å². The lowest BCUT2D eigenvalue weighted by Crippen LogP contribution is -2.26. The van der Waals surface area contributed by atoms with Crippen LogP contribution in [0.15, 0.2) is 23.6 Å². The second-order valence-corrected chi connectivity index (χ2v) is 6.17. The molecule has 7 heteroatoms. The van der Waals surface area contributed by atoms with Gasteiger partial charge >= 0.3 is 0 Å². The lowest BCUT2D eigenvalue weighted by Gasteiger charge is -2.10. The van der Waals surface area contributed by atoms with E-state index in [1.54, 1.807) is 19.6 Å². The number of amides is 1. The van der Waals surface area contributed by atoms with Crippen molar-refractivity contribution in [1.29, 1.82) is 0 Å². The molecule has 0 fully saturated rings. The van der Waals surface area contributed by atoms with Crippen molar-refractivity contribution in [2.24, 2.45) is 5.73 Å². The van der Waals surface area contributed by atoms with Gasteiger partial charge in [-0.15, -0.1) is 11.3 Å². The highest BCUT2D eigenvalue weighted by Gasteiger charge is 2.14. The highest BCUT2D eigenvalue weighted by Crippen LogP contribution is 2.27. The summed E-state index contributed by atoms with van der Waals surface area (Å²) in [7, 11) is 3.20. The van der Waals surface area contributed by atoms with Crippen molar-refractivity contribution in [3.05, 3.63) is 39.8 Å². The molecule has 1 heterocycles. The number of hydrogen-bond acceptors (Lipinski definition) is 6. The molecule has 2 rings (SSSR count). The van der Waals surface area contributed by atoms with Gasteiger partial charge in [-0.25, -0.2) is 4.98 Å². The predicted octanol–water partition coefficient (Wildman–Crippen LogP) is 2.54. The van der Waals surface area contributed by atoms with E-state index in [0.29, 0.717) is 30.2 Å². The maximum atomic E-state index is 12.1. The van der Waals surface area contributed by atoms with Gasteiger partial charge in [0.1, 0.15) is 10.7 Å². The average molecular weight is 349 g/mol. The van der Waals surface area contributed by atoms with Crippen LogP contribution in [0.2, 0.25) is 0 Å². The van der Waals surface area contributed by atoms with E-state index >= 15 is 0 Å². The fraction of sp³-hybridized carbons (Fsp3) is 0.412. The van der Waals surface area contributed by atoms with E-state index in [4.69, 9.17) is 15.2 Å². The third-order valence-corrected chi connectivity index (χ3v) is 4.64. The molecule has 0 saturated heterocycles. The van der Waals surface area contributed by atoms with Crippen LogP contribution in [0.5, 0.6) is 11.5 Å². The first kappa shape index (κ1) is 18.2. The Morgan fingerprint density at radius 2 is 2.08 bits per heavy atom. The largest absolute Gasteiger partial charge is 0.493 e. The molecule has 24 heavy (non-hydrogen) atoms. The van der Waals surface area contributed by atoms with Crippen LogP contribution in [0.3, 0.4) is 0 Å². The molecule has 1 aromatic heterocycles. The van der Waals surface area contributed by atoms with Crippen LogP contribution in [0.4, 0.5) is 0 Å². The number of nitrogens with one attached hydrogen (secondary N) is 1. The van der Waals surface area contributed by atoms with E-state index in [1.165, 1.54) is 11.3 Å². The van der Waals surface area contributed by atoms with Gasteiger partial charge < -0.3 is 20.5 Å². The van der Waals surface area contributed by atoms with Gasteiger partial charge in [0.05, 0.1) is 20.3 Å². The monoisotopic (exact) mass is 349 g/mol. The zero-order valence-corrected chi connectivity index (χ0v) is 15.0. The lowest BCUT2D eigenvalue weighted by molar-refractivity contribution is 0.0949. The number of thiazole rings is 1. The zero-order chi connectivity index (χ0) is 17.5. The normalized spacial score (nSPS) is 11.8. The number of benzene rings is 1. The van der Waals surface area contributed by atoms with Crippen LogP contribution >= 0.6 is 11.3 Å². The quantitative estimate of drug-likeness (QED) is 0.765. The smallest absolute Gasteiger partial charge is 0.270 e. The van der Waals surface area contributed by atoms with Gasteiger partial charge in [-0.3, -0.25) is 4.79 Å². The Labute approximate surface area is 146 Å². The number of rotatable bonds is 8. The number of hydrogen-bond donors (Lipinski definition) is 2. The van der Waals surface area contributed by atoms with Gasteiger partial charge in [0.2, 0.25) is 0 Å². The van der Waals surface area contributed by atoms with Crippen molar-refractivity contribution >= 4 is 17.2 Å². The summed E-state index contributed by atoms with van der Waals surface area (Å²) in [5.74, 6) is 1.19. The summed E-state index contributed by atoms with van der Waals surface area (Å²) in [5, 5.41) is 5.42. The van der Waals surface area contributed by atoms with E-state index in [2.05, 4.69) is 10.3 Å². The summed E-state index contributed by atoms with van der Waals surface area (Å²) in [6, 6.07) is 5.61. The maximum absolute atomic E-state index is 12.1. The van der Waals surface area contributed by atoms with Crippen molar-refractivity contribution in [2.75, 3.05) is 20.8 Å². The molecule has 0 saturated carbocycles. The molecule has 2 aromatic rings. The fourth-order valence-electron chi connectivity index (χ4n) is 2.18. The number of aromatic nitrogens is 1. The molecule has 0 aliphatic heterocycles. The molecule has 3 N–H and O–H groups in total. The molecule has 1 amide bonds. The molecule has 0 bridgehead atoms. The van der Waals surface area contributed by atoms with Crippen LogP contribution in [0.1, 0.15) is 40.4 Å². The van der Waals surface area contributed by atoms with E-state index in [1.807, 2.05) is 25.1 Å². The molecule has 0 aliphatic rings. The first-order chi connectivity index (χ1) is 11.6. The van der Waals surface area contributed by atoms with Gasteiger partial charge in [-0.1, -0.05) is 13.0 Å². The SMILES string of the molecule is CCC(N)c1nc(C(=O)NCCc2ccc(OC)c(OC)c2)cs1. The Bertz CT molecular complexity index is 687. The molecule has 1 atom stereocenters. The van der Waals surface area contributed by atoms with Crippen LogP contribution < -0.4 is 20.5 Å². The van der Waals surface area contributed by atoms with Crippen LogP contribution in [0, 0.1) is 0 Å². The van der Waals surface area contributed by atoms with Crippen LogP contribution in [0.25, 0.3) is 0 Å². The Balaban J connectivity index is 1.89. The van der Waals surface area contributed by atoms with Gasteiger partial charge in [0.25, 0.3) is 5.91 Å². The number of ether oxygens (including phenoxy) is 2. The summed E-state index contributed by atoms with van der Waals surface area (Å²) >= 11 is 1.42. The maximum Gasteiger partial charge on any atom is 0.270 e. The number of nitrogens with zero attached hydrogens (tertiary/aromatic N) is 1. The van der Waals surface area contributed by atoms with Crippen molar-refractivity contribution in [2.45, 2.75) is 25.8 Å². The van der Waals surface area contributed by atoms with Crippen molar-refractivity contribution in [3.8, 4) is 11.5 Å². The molecule has 1 unspecified atom stereocenters. The minimum absolute atomic E-state index is 0.108. The van der Waals surface area contributed by atoms with Crippen LogP contribution in [-0.2, 0) is 6.42 Å². The Hall–Kier alpha value is -2.12. The zero-order valence-electron chi connectivity index (χ0n) is 14.2. The van der Waals surface area contributed by atoms with E-state index in [0.717, 1.165) is 17.0 Å². The van der Waals surface area contributed by atoms with E-state index < -0.39 is 0 Å². The molecule has 130 valence electrons. The number of carbonyl (C=O) groups is 1. The van der Waals surface area contributed by atoms with E-state index in [-0.39, 0.29) is 11.9 Å². The summed E-state index contributed by atoms with van der Waals surface area (Å²) in [5.41, 5.74) is 7.41. The van der Waals surface area contributed by atoms with Gasteiger partial charge in [0.15, 0.2) is 11.5 Å². The molecule has 0 spiro atoms. The highest BCUT2D eigenvalue weighted by atomic mass is 32.1. The third kappa shape index (κ3) is 4.46. The Morgan fingerprint density at radius 3 is 2.75 bits per heavy atom. The molecule has 6 nitrogen and oxygen atoms in total. The van der Waals surface area contributed by atoms with Gasteiger partial charge in [-0.2, -0.15) is 0 Å². The van der Waals surface area contributed by atoms with Crippen molar-refractivity contribution in [3.63, 3.8) is 0 Å². The second kappa shape index (κ2) is 8.65. The summed E-state index contributed by atoms with van der Waals surface area (Å²) in [6.07, 6.45) is 1.49. The Kier molecular flexibility index (Phi) is 6.57. The predicted molar refractivity (Wildman–Crippen MR) is 94.9 cm³/mol. The van der Waals surface area contributed by atoms with Crippen molar-refractivity contribution in [1.82, 2.24) is 10.3 Å². The standard InChI is InChI=1S/C17H23N3O3S/c1-4-12(18)17-20-13(10-24-17)16(21)19-8-7-11-5-6-14(22-2)15(9-11)23-3/h5-6,9-10,12H,4,7-8,18H2,1-3H3,(H,19,21). The molecule has 1 aromatic carbocycles. The summed E-state index contributed by atoms with van der Waals surface area (Å²) in [6.45, 7) is 2.51. The number of nitrogens with two attached hydrogens (primary N) is 1. The number of carbonyl (C=O) groups excluding carboxylic acids is 1. The molecule has 0 aliphatic carbocycles. The average Bonchev–Trinajstić information content (AvgIpc) is 3.11. The molecular formula is C17H23N3O3S. The molecular weight excluding hydrogens is 326 g/mol. The van der Waals surface area contributed by atoms with Gasteiger partial charge in [0, 0.05) is 11.9 Å². The molecule has 0 radical (unpaired) electrons. The Morgan fingerprint density at radius 1 is 1.33 bits per heavy atom. The minimum atomic E-state index is -0.179. The lowest BCUT2D eigenvalue weighted by atomic mass is 10.1. The number of methoxy groups -OCH3 is 2. The third-order valence-electron chi connectivity index (χ3n) is 3.66. The first-order valence-electron chi connectivity index (χ1n) is 7.79. The summed E-state index contributed by atoms with van der Waals surface area (Å²) in [4.78, 5) is 16.4. The van der Waals surface area contributed by atoms with Crippen LogP contribution in [-0.4, -0.2) is 31.7 Å². The fourth-order valence-corrected chi connectivity index (χ4v) is 3.07. The second-order valence-electron chi connectivity index (χ2n) is 5.28. The first-order valence-corrected chi connectivity index (χ1v) is 8.67.